The van der Waals surface area contributed by atoms with Gasteiger partial charge in [0.25, 0.3) is 0 Å². The lowest BCUT2D eigenvalue weighted by atomic mass is 9.59. The predicted octanol–water partition coefficient (Wildman–Crippen LogP) is 5.36. The smallest absolute Gasteiger partial charge is 0.238 e. The quantitative estimate of drug-likeness (QED) is 0.288. The van der Waals surface area contributed by atoms with Crippen molar-refractivity contribution in [3.8, 4) is 11.5 Å². The number of hydrogen-bond donors (Lipinski definition) is 1. The number of carbonyl (C=O) groups excluding carboxylic acids is 4. The highest BCUT2D eigenvalue weighted by Crippen LogP contribution is 2.56. The molecule has 2 aromatic carbocycles. The van der Waals surface area contributed by atoms with Gasteiger partial charge in [0, 0.05) is 22.6 Å². The maximum atomic E-state index is 14.0. The molecule has 1 saturated heterocycles. The number of imide groups is 1. The molecule has 0 saturated carbocycles. The zero-order valence-electron chi connectivity index (χ0n) is 22.4. The Hall–Kier alpha value is -3.78. The molecule has 40 heavy (non-hydrogen) atoms. The van der Waals surface area contributed by atoms with Gasteiger partial charge in [0.05, 0.1) is 29.1 Å². The van der Waals surface area contributed by atoms with Crippen molar-refractivity contribution < 1.29 is 29.0 Å². The van der Waals surface area contributed by atoms with Crippen molar-refractivity contribution in [2.24, 2.45) is 17.8 Å². The Morgan fingerprint density at radius 1 is 1.05 bits per heavy atom. The van der Waals surface area contributed by atoms with Crippen molar-refractivity contribution in [3.05, 3.63) is 86.4 Å². The van der Waals surface area contributed by atoms with Crippen LogP contribution in [0.4, 0.5) is 5.69 Å². The fourth-order valence-corrected chi connectivity index (χ4v) is 7.25. The summed E-state index contributed by atoms with van der Waals surface area (Å²) in [5, 5.41) is 10.5. The van der Waals surface area contributed by atoms with Crippen LogP contribution in [0.5, 0.6) is 11.5 Å². The summed E-state index contributed by atoms with van der Waals surface area (Å²) in [7, 11) is 1.44. The third-order valence-corrected chi connectivity index (χ3v) is 9.38. The van der Waals surface area contributed by atoms with Crippen molar-refractivity contribution in [1.82, 2.24) is 0 Å². The molecular weight excluding hydrogens is 574 g/mol. The van der Waals surface area contributed by atoms with Crippen molar-refractivity contribution in [2.45, 2.75) is 39.0 Å². The van der Waals surface area contributed by atoms with Gasteiger partial charge in [-0.25, -0.2) is 0 Å². The molecule has 0 radical (unpaired) electrons. The molecule has 0 unspecified atom stereocenters. The first kappa shape index (κ1) is 26.4. The minimum atomic E-state index is -0.646. The molecule has 3 aliphatic carbocycles. The zero-order chi connectivity index (χ0) is 28.5. The van der Waals surface area contributed by atoms with Gasteiger partial charge in [0.1, 0.15) is 0 Å². The monoisotopic (exact) mass is 601 g/mol. The number of methoxy groups -OCH3 is 1. The topological polar surface area (TPSA) is 101 Å². The van der Waals surface area contributed by atoms with E-state index >= 15 is 0 Å². The van der Waals surface area contributed by atoms with Crippen molar-refractivity contribution in [2.75, 3.05) is 12.0 Å². The fourth-order valence-electron chi connectivity index (χ4n) is 6.79. The molecule has 0 bridgehead atoms. The number of halogens is 1. The molecule has 1 aliphatic heterocycles. The number of ether oxygens (including phenoxy) is 1. The summed E-state index contributed by atoms with van der Waals surface area (Å²) in [5.74, 6) is -3.06. The molecule has 204 valence electrons. The van der Waals surface area contributed by atoms with E-state index < -0.39 is 23.7 Å². The number of Topliss-reactive ketones (excluding diaryl/α,β-unsaturated/α-hetero) is 1. The van der Waals surface area contributed by atoms with Gasteiger partial charge in [-0.3, -0.25) is 24.1 Å². The van der Waals surface area contributed by atoms with Crippen LogP contribution >= 0.6 is 15.9 Å². The van der Waals surface area contributed by atoms with Gasteiger partial charge in [-0.05, 0) is 89.5 Å². The van der Waals surface area contributed by atoms with Crippen LogP contribution in [0.25, 0.3) is 0 Å². The van der Waals surface area contributed by atoms with Crippen LogP contribution in [0, 0.1) is 17.8 Å². The second-order valence-corrected chi connectivity index (χ2v) is 11.7. The van der Waals surface area contributed by atoms with Crippen LogP contribution < -0.4 is 9.64 Å². The average Bonchev–Trinajstić information content (AvgIpc) is 3.21. The van der Waals surface area contributed by atoms with E-state index in [1.807, 2.05) is 37.3 Å². The Balaban J connectivity index is 1.49. The zero-order valence-corrected chi connectivity index (χ0v) is 23.9. The van der Waals surface area contributed by atoms with Crippen LogP contribution in [0.2, 0.25) is 0 Å². The van der Waals surface area contributed by atoms with Gasteiger partial charge in [0.2, 0.25) is 11.8 Å². The Labute approximate surface area is 240 Å². The molecule has 4 atom stereocenters. The molecule has 2 amide bonds. The van der Waals surface area contributed by atoms with Crippen LogP contribution in [-0.4, -0.2) is 35.6 Å². The molecule has 6 rings (SSSR count). The van der Waals surface area contributed by atoms with E-state index in [1.54, 1.807) is 19.1 Å². The second kappa shape index (κ2) is 9.70. The number of fused-ring (bicyclic) bond motifs is 3. The Bertz CT molecular complexity index is 1600. The number of carbonyl (C=O) groups is 4. The number of anilines is 1. The Kier molecular flexibility index (Phi) is 6.41. The summed E-state index contributed by atoms with van der Waals surface area (Å²) in [6.07, 6.45) is 4.76. The standard InChI is InChI=1S/C32H28BrNO6/c1-4-16-5-7-18(8-6-16)34-31(38)20-10-9-19-21(27(20)32(34)39)14-22-24(35)11-15(2)29(36)28(22)26(19)17-12-23(33)30(37)25(13-17)40-3/h5-9,11-13,20-21,26-27,37H,4,10,14H2,1-3H3/t20-,21+,26-,27-/m0/s1. The van der Waals surface area contributed by atoms with E-state index in [0.29, 0.717) is 38.9 Å². The van der Waals surface area contributed by atoms with Crippen molar-refractivity contribution in [3.63, 3.8) is 0 Å². The van der Waals surface area contributed by atoms with Crippen LogP contribution in [0.1, 0.15) is 43.7 Å². The van der Waals surface area contributed by atoms with Gasteiger partial charge in [-0.15, -0.1) is 0 Å². The van der Waals surface area contributed by atoms with Crippen LogP contribution in [-0.2, 0) is 25.6 Å². The Morgan fingerprint density at radius 3 is 2.45 bits per heavy atom. The highest BCUT2D eigenvalue weighted by molar-refractivity contribution is 9.10. The summed E-state index contributed by atoms with van der Waals surface area (Å²) < 4.78 is 5.78. The number of nitrogens with zero attached hydrogens (tertiary/aromatic N) is 1. The van der Waals surface area contributed by atoms with E-state index in [4.69, 9.17) is 4.74 Å². The van der Waals surface area contributed by atoms with E-state index in [-0.39, 0.29) is 41.3 Å². The number of aromatic hydroxyl groups is 1. The molecule has 1 heterocycles. The predicted molar refractivity (Wildman–Crippen MR) is 152 cm³/mol. The molecule has 1 fully saturated rings. The van der Waals surface area contributed by atoms with Gasteiger partial charge in [-0.1, -0.05) is 30.7 Å². The lowest BCUT2D eigenvalue weighted by Crippen LogP contribution is -2.39. The first-order chi connectivity index (χ1) is 19.2. The molecule has 0 spiro atoms. The second-order valence-electron chi connectivity index (χ2n) is 10.8. The maximum Gasteiger partial charge on any atom is 0.238 e. The number of ketones is 2. The number of hydrogen-bond acceptors (Lipinski definition) is 6. The molecular formula is C32H28BrNO6. The number of rotatable bonds is 4. The third-order valence-electron chi connectivity index (χ3n) is 8.77. The molecule has 7 nitrogen and oxygen atoms in total. The number of phenols is 1. The van der Waals surface area contributed by atoms with Gasteiger partial charge in [0.15, 0.2) is 23.1 Å². The van der Waals surface area contributed by atoms with Gasteiger partial charge in [-0.2, -0.15) is 0 Å². The van der Waals surface area contributed by atoms with Gasteiger partial charge >= 0.3 is 0 Å². The summed E-state index contributed by atoms with van der Waals surface area (Å²) in [5.41, 5.74) is 4.30. The normalized spacial score (nSPS) is 25.9. The number of aryl methyl sites for hydroxylation is 1. The van der Waals surface area contributed by atoms with E-state index in [0.717, 1.165) is 17.6 Å². The summed E-state index contributed by atoms with van der Waals surface area (Å²) in [6, 6.07) is 10.8. The summed E-state index contributed by atoms with van der Waals surface area (Å²) in [4.78, 5) is 55.8. The lowest BCUT2D eigenvalue weighted by molar-refractivity contribution is -0.123. The highest BCUT2D eigenvalue weighted by atomic mass is 79.9. The molecule has 4 aliphatic rings. The summed E-state index contributed by atoms with van der Waals surface area (Å²) >= 11 is 3.39. The molecule has 8 heteroatoms. The SMILES string of the molecule is CCc1ccc(N2C(=O)[C@H]3[C@H](CC=C4[C@H](c5cc(Br)c(O)c(OC)c5)C5=C(C[C@H]43)C(=O)C=C(C)C5=O)C2=O)cc1. The average molecular weight is 602 g/mol. The van der Waals surface area contributed by atoms with E-state index in [1.165, 1.54) is 18.1 Å². The van der Waals surface area contributed by atoms with Gasteiger partial charge < -0.3 is 9.84 Å². The first-order valence-corrected chi connectivity index (χ1v) is 14.2. The largest absolute Gasteiger partial charge is 0.503 e. The van der Waals surface area contributed by atoms with Crippen LogP contribution in [0.15, 0.2) is 75.3 Å². The van der Waals surface area contributed by atoms with Crippen molar-refractivity contribution in [1.29, 1.82) is 0 Å². The number of phenolic OH excluding ortho intramolecular Hbond substituents is 1. The number of allylic oxidation sites excluding steroid dienone is 6. The molecule has 1 N–H and O–H groups in total. The first-order valence-electron chi connectivity index (χ1n) is 13.4. The fraction of sp³-hybridized carbons (Fsp3) is 0.312. The van der Waals surface area contributed by atoms with E-state index in [2.05, 4.69) is 15.9 Å². The maximum absolute atomic E-state index is 14.0. The van der Waals surface area contributed by atoms with Crippen molar-refractivity contribution >= 4 is 45.0 Å². The number of benzene rings is 2. The molecule has 0 aromatic heterocycles. The van der Waals surface area contributed by atoms with E-state index in [9.17, 15) is 24.3 Å². The highest BCUT2D eigenvalue weighted by Gasteiger charge is 2.56. The number of amides is 2. The summed E-state index contributed by atoms with van der Waals surface area (Å²) in [6.45, 7) is 3.67. The van der Waals surface area contributed by atoms with Crippen LogP contribution in [0.3, 0.4) is 0 Å². The third kappa shape index (κ3) is 3.84. The minimum Gasteiger partial charge on any atom is -0.503 e. The minimum absolute atomic E-state index is 0.0751. The Morgan fingerprint density at radius 2 is 1.77 bits per heavy atom. The lowest BCUT2D eigenvalue weighted by Gasteiger charge is -2.42. The molecule has 2 aromatic rings.